The van der Waals surface area contributed by atoms with Gasteiger partial charge in [0.1, 0.15) is 11.0 Å². The Bertz CT molecular complexity index is 572. The number of halogens is 2. The van der Waals surface area contributed by atoms with Gasteiger partial charge in [-0.2, -0.15) is 8.42 Å². The van der Waals surface area contributed by atoms with Gasteiger partial charge >= 0.3 is 5.69 Å². The minimum Gasteiger partial charge on any atom is -0.502 e. The standard InChI is InChI=1S/C9H9Cl2NO6S/c10-4-6(5-11)18-19(16,17)7-1-2-9(13)8(3-7)12(14)15/h1-3,6,13H,4-5H2. The summed E-state index contributed by atoms with van der Waals surface area (Å²) in [4.78, 5) is 9.23. The Morgan fingerprint density at radius 1 is 1.37 bits per heavy atom. The third-order valence-corrected chi connectivity index (χ3v) is 4.08. The Balaban J connectivity index is 3.15. The van der Waals surface area contributed by atoms with E-state index in [1.54, 1.807) is 0 Å². The van der Waals surface area contributed by atoms with Crippen LogP contribution in [-0.4, -0.2) is 36.3 Å². The molecule has 0 aliphatic heterocycles. The first kappa shape index (κ1) is 16.0. The predicted molar refractivity (Wildman–Crippen MR) is 68.3 cm³/mol. The normalized spacial score (nSPS) is 11.7. The second-order valence-electron chi connectivity index (χ2n) is 3.39. The lowest BCUT2D eigenvalue weighted by Gasteiger charge is -2.11. The fraction of sp³-hybridized carbons (Fsp3) is 0.333. The molecule has 0 unspecified atom stereocenters. The number of phenols is 1. The Hall–Kier alpha value is -1.09. The van der Waals surface area contributed by atoms with Crippen LogP contribution in [0.5, 0.6) is 5.75 Å². The number of nitrogens with zero attached hydrogens (tertiary/aromatic N) is 1. The Morgan fingerprint density at radius 2 is 1.95 bits per heavy atom. The van der Waals surface area contributed by atoms with Crippen molar-refractivity contribution in [3.8, 4) is 5.75 Å². The molecule has 1 aromatic carbocycles. The SMILES string of the molecule is O=[N+]([O-])c1cc(S(=O)(=O)OC(CCl)CCl)ccc1O. The van der Waals surface area contributed by atoms with Gasteiger partial charge in [-0.25, -0.2) is 0 Å². The van der Waals surface area contributed by atoms with Gasteiger partial charge in [-0.1, -0.05) is 0 Å². The van der Waals surface area contributed by atoms with Crippen molar-refractivity contribution < 1.29 is 22.6 Å². The summed E-state index contributed by atoms with van der Waals surface area (Å²) >= 11 is 10.9. The van der Waals surface area contributed by atoms with Gasteiger partial charge in [-0.15, -0.1) is 23.2 Å². The van der Waals surface area contributed by atoms with Gasteiger partial charge in [-0.05, 0) is 12.1 Å². The molecule has 1 rings (SSSR count). The molecule has 1 aromatic rings. The minimum absolute atomic E-state index is 0.150. The summed E-state index contributed by atoms with van der Waals surface area (Å²) < 4.78 is 28.3. The van der Waals surface area contributed by atoms with Gasteiger partial charge in [0.05, 0.1) is 16.7 Å². The van der Waals surface area contributed by atoms with Crippen LogP contribution in [0.2, 0.25) is 0 Å². The molecule has 0 saturated heterocycles. The zero-order valence-electron chi connectivity index (χ0n) is 9.32. The highest BCUT2D eigenvalue weighted by Crippen LogP contribution is 2.29. The number of benzene rings is 1. The Labute approximate surface area is 119 Å². The summed E-state index contributed by atoms with van der Waals surface area (Å²) in [6.07, 6.45) is -0.943. The third-order valence-electron chi connectivity index (χ3n) is 2.04. The number of nitro benzene ring substituents is 1. The van der Waals surface area contributed by atoms with Crippen LogP contribution in [0.4, 0.5) is 5.69 Å². The molecule has 0 fully saturated rings. The second kappa shape index (κ2) is 6.38. The first-order valence-electron chi connectivity index (χ1n) is 4.84. The summed E-state index contributed by atoms with van der Waals surface area (Å²) in [6.45, 7) is 0. The van der Waals surface area contributed by atoms with Crippen molar-refractivity contribution in [2.45, 2.75) is 11.0 Å². The highest BCUT2D eigenvalue weighted by molar-refractivity contribution is 7.86. The molecule has 0 heterocycles. The van der Waals surface area contributed by atoms with Crippen molar-refractivity contribution in [3.63, 3.8) is 0 Å². The molecule has 0 atom stereocenters. The molecule has 0 spiro atoms. The van der Waals surface area contributed by atoms with Crippen LogP contribution in [0, 0.1) is 10.1 Å². The third kappa shape index (κ3) is 3.93. The quantitative estimate of drug-likeness (QED) is 0.369. The van der Waals surface area contributed by atoms with E-state index in [2.05, 4.69) is 0 Å². The molecule has 19 heavy (non-hydrogen) atoms. The number of phenolic OH excluding ortho intramolecular Hbond substituents is 1. The molecule has 0 aromatic heterocycles. The van der Waals surface area contributed by atoms with Crippen LogP contribution < -0.4 is 0 Å². The number of rotatable bonds is 6. The minimum atomic E-state index is -4.24. The number of nitro groups is 1. The van der Waals surface area contributed by atoms with Crippen LogP contribution in [0.3, 0.4) is 0 Å². The van der Waals surface area contributed by atoms with E-state index in [4.69, 9.17) is 27.4 Å². The zero-order valence-corrected chi connectivity index (χ0v) is 11.7. The van der Waals surface area contributed by atoms with Crippen LogP contribution >= 0.6 is 23.2 Å². The zero-order chi connectivity index (χ0) is 14.6. The molecular formula is C9H9Cl2NO6S. The van der Waals surface area contributed by atoms with Crippen LogP contribution in [-0.2, 0) is 14.3 Å². The molecule has 0 aliphatic carbocycles. The molecule has 0 bridgehead atoms. The van der Waals surface area contributed by atoms with Crippen LogP contribution in [0.15, 0.2) is 23.1 Å². The van der Waals surface area contributed by atoms with Gasteiger partial charge < -0.3 is 5.11 Å². The van der Waals surface area contributed by atoms with E-state index in [1.807, 2.05) is 0 Å². The lowest BCUT2D eigenvalue weighted by atomic mass is 10.3. The second-order valence-corrected chi connectivity index (χ2v) is 5.58. The Kier molecular flexibility index (Phi) is 5.36. The molecule has 1 N–H and O–H groups in total. The molecule has 10 heteroatoms. The van der Waals surface area contributed by atoms with Crippen molar-refractivity contribution >= 4 is 39.0 Å². The van der Waals surface area contributed by atoms with E-state index >= 15 is 0 Å². The van der Waals surface area contributed by atoms with Gasteiger partial charge in [0.15, 0.2) is 5.75 Å². The highest BCUT2D eigenvalue weighted by atomic mass is 35.5. The maximum absolute atomic E-state index is 11.8. The molecule has 0 radical (unpaired) electrons. The predicted octanol–water partition coefficient (Wildman–Crippen LogP) is 1.85. The maximum atomic E-state index is 11.8. The smallest absolute Gasteiger partial charge is 0.312 e. The van der Waals surface area contributed by atoms with Crippen molar-refractivity contribution in [1.29, 1.82) is 0 Å². The van der Waals surface area contributed by atoms with Crippen LogP contribution in [0.1, 0.15) is 0 Å². The summed E-state index contributed by atoms with van der Waals surface area (Å²) in [7, 11) is -4.24. The number of hydrogen-bond donors (Lipinski definition) is 1. The highest BCUT2D eigenvalue weighted by Gasteiger charge is 2.24. The monoisotopic (exact) mass is 329 g/mol. The fourth-order valence-corrected chi connectivity index (χ4v) is 2.83. The van der Waals surface area contributed by atoms with E-state index < -0.39 is 37.5 Å². The number of hydrogen-bond acceptors (Lipinski definition) is 6. The van der Waals surface area contributed by atoms with Gasteiger partial charge in [0.2, 0.25) is 0 Å². The molecule has 0 amide bonds. The average Bonchev–Trinajstić information content (AvgIpc) is 2.35. The van der Waals surface area contributed by atoms with E-state index in [9.17, 15) is 23.6 Å². The summed E-state index contributed by atoms with van der Waals surface area (Å²) in [6, 6.07) is 2.58. The lowest BCUT2D eigenvalue weighted by Crippen LogP contribution is -2.21. The van der Waals surface area contributed by atoms with Crippen molar-refractivity contribution in [2.24, 2.45) is 0 Å². The molecule has 106 valence electrons. The fourth-order valence-electron chi connectivity index (χ4n) is 1.13. The van der Waals surface area contributed by atoms with E-state index in [-0.39, 0.29) is 11.8 Å². The van der Waals surface area contributed by atoms with Gasteiger partial charge in [0.25, 0.3) is 10.1 Å². The molecule has 0 aliphatic rings. The maximum Gasteiger partial charge on any atom is 0.312 e. The molecule has 0 saturated carbocycles. The van der Waals surface area contributed by atoms with Gasteiger partial charge in [-0.3, -0.25) is 14.3 Å². The van der Waals surface area contributed by atoms with Gasteiger partial charge in [0, 0.05) is 6.07 Å². The van der Waals surface area contributed by atoms with E-state index in [0.29, 0.717) is 6.07 Å². The van der Waals surface area contributed by atoms with E-state index in [1.165, 1.54) is 0 Å². The molecular weight excluding hydrogens is 321 g/mol. The van der Waals surface area contributed by atoms with Crippen LogP contribution in [0.25, 0.3) is 0 Å². The first-order valence-corrected chi connectivity index (χ1v) is 7.32. The van der Waals surface area contributed by atoms with E-state index in [0.717, 1.165) is 12.1 Å². The largest absolute Gasteiger partial charge is 0.502 e. The number of alkyl halides is 2. The first-order chi connectivity index (χ1) is 8.81. The lowest BCUT2D eigenvalue weighted by molar-refractivity contribution is -0.386. The topological polar surface area (TPSA) is 107 Å². The summed E-state index contributed by atoms with van der Waals surface area (Å²) in [5.74, 6) is -0.943. The number of aromatic hydroxyl groups is 1. The Morgan fingerprint density at radius 3 is 2.42 bits per heavy atom. The van der Waals surface area contributed by atoms with Crippen molar-refractivity contribution in [1.82, 2.24) is 0 Å². The summed E-state index contributed by atoms with van der Waals surface area (Å²) in [5, 5.41) is 19.8. The molecule has 7 nitrogen and oxygen atoms in total. The van der Waals surface area contributed by atoms with Crippen molar-refractivity contribution in [3.05, 3.63) is 28.3 Å². The average molecular weight is 330 g/mol. The van der Waals surface area contributed by atoms with Crippen molar-refractivity contribution in [2.75, 3.05) is 11.8 Å². The summed E-state index contributed by atoms with van der Waals surface area (Å²) in [5.41, 5.74) is -0.738.